The van der Waals surface area contributed by atoms with Crippen LogP contribution in [0.5, 0.6) is 0 Å². The molecule has 7 nitrogen and oxygen atoms in total. The maximum Gasteiger partial charge on any atom is 0.337 e. The number of benzene rings is 2. The molecule has 0 amide bonds. The summed E-state index contributed by atoms with van der Waals surface area (Å²) in [6.45, 7) is 1.84. The highest BCUT2D eigenvalue weighted by Crippen LogP contribution is 2.47. The van der Waals surface area contributed by atoms with Crippen molar-refractivity contribution >= 4 is 23.4 Å². The van der Waals surface area contributed by atoms with Crippen LogP contribution in [0, 0.1) is 6.92 Å². The number of aryl methyl sites for hydroxylation is 1. The topological polar surface area (TPSA) is 98.8 Å². The van der Waals surface area contributed by atoms with Crippen LogP contribution in [0.2, 0.25) is 0 Å². The van der Waals surface area contributed by atoms with Gasteiger partial charge in [-0.1, -0.05) is 48.0 Å². The Morgan fingerprint density at radius 1 is 1.04 bits per heavy atom. The van der Waals surface area contributed by atoms with Crippen LogP contribution < -0.4 is 4.72 Å². The SMILES string of the molecule is COP(=O)(CC(=O)C(NS(=O)(=O)c1ccc(C)cc1)c1ccccc1)OC. The van der Waals surface area contributed by atoms with Gasteiger partial charge in [-0.2, -0.15) is 4.72 Å². The number of sulfonamides is 1. The molecule has 1 N–H and O–H groups in total. The standard InChI is InChI=1S/C18H22NO6PS/c1-14-9-11-16(12-10-14)27(22,23)19-18(15-7-5-4-6-8-15)17(20)13-26(21,24-2)25-3/h4-12,18-19H,13H2,1-3H3. The number of hydrogen-bond donors (Lipinski definition) is 1. The molecule has 27 heavy (non-hydrogen) atoms. The first-order valence-corrected chi connectivity index (χ1v) is 11.3. The summed E-state index contributed by atoms with van der Waals surface area (Å²) in [4.78, 5) is 12.8. The number of carbonyl (C=O) groups is 1. The van der Waals surface area contributed by atoms with Crippen molar-refractivity contribution in [3.63, 3.8) is 0 Å². The van der Waals surface area contributed by atoms with Crippen LogP contribution in [0.3, 0.4) is 0 Å². The first-order chi connectivity index (χ1) is 12.7. The van der Waals surface area contributed by atoms with Gasteiger partial charge in [-0.3, -0.25) is 9.36 Å². The van der Waals surface area contributed by atoms with E-state index in [1.165, 1.54) is 26.4 Å². The van der Waals surface area contributed by atoms with E-state index in [9.17, 15) is 17.8 Å². The van der Waals surface area contributed by atoms with E-state index < -0.39 is 35.6 Å². The predicted molar refractivity (Wildman–Crippen MR) is 102 cm³/mol. The molecule has 146 valence electrons. The molecule has 0 saturated carbocycles. The molecule has 0 aliphatic rings. The summed E-state index contributed by atoms with van der Waals surface area (Å²) in [5.41, 5.74) is 1.34. The van der Waals surface area contributed by atoms with Crippen LogP contribution in [0.15, 0.2) is 59.5 Å². The third-order valence-electron chi connectivity index (χ3n) is 3.96. The maximum atomic E-state index is 12.8. The molecule has 0 bridgehead atoms. The van der Waals surface area contributed by atoms with E-state index in [1.807, 2.05) is 6.92 Å². The highest BCUT2D eigenvalue weighted by atomic mass is 32.2. The van der Waals surface area contributed by atoms with Crippen molar-refractivity contribution in [2.75, 3.05) is 20.4 Å². The summed E-state index contributed by atoms with van der Waals surface area (Å²) in [6.07, 6.45) is -0.560. The average Bonchev–Trinajstić information content (AvgIpc) is 2.67. The fourth-order valence-corrected chi connectivity index (χ4v) is 4.57. The number of rotatable bonds is 9. The van der Waals surface area contributed by atoms with Crippen molar-refractivity contribution in [3.05, 3.63) is 65.7 Å². The summed E-state index contributed by atoms with van der Waals surface area (Å²) in [5, 5.41) is 0. The number of ketones is 1. The average molecular weight is 411 g/mol. The second-order valence-corrected chi connectivity index (χ2v) is 9.86. The van der Waals surface area contributed by atoms with Gasteiger partial charge in [0.25, 0.3) is 0 Å². The largest absolute Gasteiger partial charge is 0.337 e. The first kappa shape index (κ1) is 21.5. The Hall–Kier alpha value is -1.83. The third-order valence-corrected chi connectivity index (χ3v) is 7.22. The zero-order valence-electron chi connectivity index (χ0n) is 15.3. The minimum Gasteiger partial charge on any atom is -0.312 e. The van der Waals surface area contributed by atoms with E-state index in [1.54, 1.807) is 42.5 Å². The molecular weight excluding hydrogens is 389 g/mol. The Labute approximate surface area is 159 Å². The van der Waals surface area contributed by atoms with E-state index in [4.69, 9.17) is 9.05 Å². The van der Waals surface area contributed by atoms with Gasteiger partial charge in [0.2, 0.25) is 10.0 Å². The minimum atomic E-state index is -3.98. The predicted octanol–water partition coefficient (Wildman–Crippen LogP) is 3.07. The molecular formula is C18H22NO6PS. The molecule has 0 saturated heterocycles. The van der Waals surface area contributed by atoms with E-state index in [0.29, 0.717) is 5.56 Å². The molecule has 0 fully saturated rings. The lowest BCUT2D eigenvalue weighted by Crippen LogP contribution is -2.35. The van der Waals surface area contributed by atoms with Gasteiger partial charge in [0.15, 0.2) is 5.78 Å². The quantitative estimate of drug-likeness (QED) is 0.637. The van der Waals surface area contributed by atoms with Gasteiger partial charge in [0, 0.05) is 14.2 Å². The molecule has 0 aliphatic heterocycles. The number of carbonyl (C=O) groups excluding carboxylic acids is 1. The lowest BCUT2D eigenvalue weighted by molar-refractivity contribution is -0.118. The van der Waals surface area contributed by atoms with Gasteiger partial charge in [-0.15, -0.1) is 0 Å². The van der Waals surface area contributed by atoms with E-state index in [-0.39, 0.29) is 4.90 Å². The fourth-order valence-electron chi connectivity index (χ4n) is 2.39. The highest BCUT2D eigenvalue weighted by Gasteiger charge is 2.33. The minimum absolute atomic E-state index is 0.0310. The van der Waals surface area contributed by atoms with Crippen LogP contribution in [-0.4, -0.2) is 34.6 Å². The van der Waals surface area contributed by atoms with Gasteiger partial charge in [-0.05, 0) is 24.6 Å². The molecule has 9 heteroatoms. The van der Waals surface area contributed by atoms with Gasteiger partial charge in [0.1, 0.15) is 12.2 Å². The lowest BCUT2D eigenvalue weighted by atomic mass is 10.1. The molecule has 2 rings (SSSR count). The van der Waals surface area contributed by atoms with E-state index in [2.05, 4.69) is 4.72 Å². The summed E-state index contributed by atoms with van der Waals surface area (Å²) in [7, 11) is -5.28. The van der Waals surface area contributed by atoms with Gasteiger partial charge < -0.3 is 9.05 Å². The van der Waals surface area contributed by atoms with Crippen molar-refractivity contribution in [2.45, 2.75) is 17.9 Å². The molecule has 0 aliphatic carbocycles. The normalized spacial score (nSPS) is 13.3. The lowest BCUT2D eigenvalue weighted by Gasteiger charge is -2.20. The van der Waals surface area contributed by atoms with Crippen LogP contribution in [-0.2, 0) is 28.4 Å². The van der Waals surface area contributed by atoms with Gasteiger partial charge >= 0.3 is 7.60 Å². The summed E-state index contributed by atoms with van der Waals surface area (Å²) in [6, 6.07) is 13.4. The molecule has 1 unspecified atom stereocenters. The number of nitrogens with one attached hydrogen (secondary N) is 1. The summed E-state index contributed by atoms with van der Waals surface area (Å²) < 4.78 is 49.8. The fraction of sp³-hybridized carbons (Fsp3) is 0.278. The van der Waals surface area contributed by atoms with Gasteiger partial charge in [-0.25, -0.2) is 8.42 Å². The number of Topliss-reactive ketones (excluding diaryl/α,β-unsaturated/α-hetero) is 1. The van der Waals surface area contributed by atoms with Crippen molar-refractivity contribution in [1.29, 1.82) is 0 Å². The molecule has 0 aromatic heterocycles. The highest BCUT2D eigenvalue weighted by molar-refractivity contribution is 7.89. The molecule has 2 aromatic rings. The monoisotopic (exact) mass is 411 g/mol. The van der Waals surface area contributed by atoms with Crippen LogP contribution in [0.4, 0.5) is 0 Å². The Bertz CT molecular complexity index is 920. The molecule has 1 atom stereocenters. The number of hydrogen-bond acceptors (Lipinski definition) is 6. The van der Waals surface area contributed by atoms with Crippen molar-refractivity contribution in [2.24, 2.45) is 0 Å². The second kappa shape index (κ2) is 8.91. The molecule has 2 aromatic carbocycles. The first-order valence-electron chi connectivity index (χ1n) is 8.08. The van der Waals surface area contributed by atoms with Crippen molar-refractivity contribution in [3.8, 4) is 0 Å². The zero-order chi connectivity index (χ0) is 20.1. The Kier molecular flexibility index (Phi) is 7.08. The smallest absolute Gasteiger partial charge is 0.312 e. The van der Waals surface area contributed by atoms with Crippen molar-refractivity contribution in [1.82, 2.24) is 4.72 Å². The Morgan fingerprint density at radius 3 is 2.11 bits per heavy atom. The molecule has 0 radical (unpaired) electrons. The van der Waals surface area contributed by atoms with Crippen LogP contribution in [0.1, 0.15) is 17.2 Å². The second-order valence-electron chi connectivity index (χ2n) is 5.88. The summed E-state index contributed by atoms with van der Waals surface area (Å²) >= 11 is 0. The van der Waals surface area contributed by atoms with Crippen molar-refractivity contribution < 1.29 is 26.8 Å². The third kappa shape index (κ3) is 5.57. The maximum absolute atomic E-state index is 12.8. The summed E-state index contributed by atoms with van der Waals surface area (Å²) in [5.74, 6) is -0.621. The van der Waals surface area contributed by atoms with E-state index >= 15 is 0 Å². The van der Waals surface area contributed by atoms with Crippen LogP contribution in [0.25, 0.3) is 0 Å². The van der Waals surface area contributed by atoms with Gasteiger partial charge in [0.05, 0.1) is 4.90 Å². The molecule has 0 spiro atoms. The zero-order valence-corrected chi connectivity index (χ0v) is 17.0. The van der Waals surface area contributed by atoms with Crippen LogP contribution >= 0.6 is 7.60 Å². The molecule has 0 heterocycles. The van der Waals surface area contributed by atoms with E-state index in [0.717, 1.165) is 5.56 Å². The Morgan fingerprint density at radius 2 is 1.59 bits per heavy atom. The Balaban J connectivity index is 2.37.